The lowest BCUT2D eigenvalue weighted by molar-refractivity contribution is 1.60. The molecule has 0 N–H and O–H groups in total. The van der Waals surface area contributed by atoms with E-state index in [4.69, 9.17) is 0 Å². The van der Waals surface area contributed by atoms with Crippen LogP contribution in [-0.4, -0.2) is 0 Å². The predicted octanol–water partition coefficient (Wildman–Crippen LogP) is 8.97. The summed E-state index contributed by atoms with van der Waals surface area (Å²) in [6.07, 6.45) is 0. The second-order valence-corrected chi connectivity index (χ2v) is 8.55. The zero-order chi connectivity index (χ0) is 21.1. The first-order valence-corrected chi connectivity index (χ1v) is 11.1. The second-order valence-electron chi connectivity index (χ2n) is 8.55. The Morgan fingerprint density at radius 1 is 0.312 bits per heavy atom. The van der Waals surface area contributed by atoms with Crippen molar-refractivity contribution in [3.63, 3.8) is 0 Å². The molecule has 32 heavy (non-hydrogen) atoms. The normalized spacial score (nSPS) is 11.8. The van der Waals surface area contributed by atoms with E-state index < -0.39 is 0 Å². The molecular formula is C32H20. The van der Waals surface area contributed by atoms with Crippen molar-refractivity contribution < 1.29 is 0 Å². The van der Waals surface area contributed by atoms with Gasteiger partial charge in [0.2, 0.25) is 0 Å². The van der Waals surface area contributed by atoms with Crippen molar-refractivity contribution in [3.8, 4) is 44.5 Å². The Morgan fingerprint density at radius 2 is 0.875 bits per heavy atom. The van der Waals surface area contributed by atoms with Gasteiger partial charge in [0, 0.05) is 0 Å². The quantitative estimate of drug-likeness (QED) is 0.270. The summed E-state index contributed by atoms with van der Waals surface area (Å²) in [6.45, 7) is 0. The number of fused-ring (bicyclic) bond motifs is 4. The zero-order valence-corrected chi connectivity index (χ0v) is 17.5. The average Bonchev–Trinajstić information content (AvgIpc) is 3.18. The Labute approximate surface area is 187 Å². The van der Waals surface area contributed by atoms with E-state index in [9.17, 15) is 0 Å². The van der Waals surface area contributed by atoms with Crippen LogP contribution in [0.5, 0.6) is 0 Å². The minimum Gasteiger partial charge on any atom is -0.0622 e. The molecule has 0 fully saturated rings. The molecule has 0 aromatic heterocycles. The van der Waals surface area contributed by atoms with Gasteiger partial charge in [-0.2, -0.15) is 0 Å². The van der Waals surface area contributed by atoms with Gasteiger partial charge < -0.3 is 0 Å². The molecule has 0 radical (unpaired) electrons. The predicted molar refractivity (Wildman–Crippen MR) is 137 cm³/mol. The lowest BCUT2D eigenvalue weighted by atomic mass is 9.86. The smallest absolute Gasteiger partial charge is 0.000785 e. The highest BCUT2D eigenvalue weighted by molar-refractivity contribution is 6.23. The average molecular weight is 405 g/mol. The third-order valence-electron chi connectivity index (χ3n) is 6.76. The Hall–Kier alpha value is -4.16. The van der Waals surface area contributed by atoms with Gasteiger partial charge in [0.25, 0.3) is 0 Å². The molecule has 0 atom stereocenters. The van der Waals surface area contributed by atoms with Crippen LogP contribution in [0.2, 0.25) is 0 Å². The van der Waals surface area contributed by atoms with Gasteiger partial charge in [0.15, 0.2) is 0 Å². The Morgan fingerprint density at radius 3 is 1.59 bits per heavy atom. The van der Waals surface area contributed by atoms with E-state index in [0.29, 0.717) is 0 Å². The molecule has 0 aliphatic heterocycles. The largest absolute Gasteiger partial charge is 0.0622 e. The highest BCUT2D eigenvalue weighted by Gasteiger charge is 2.27. The topological polar surface area (TPSA) is 0 Å². The number of hydrogen-bond acceptors (Lipinski definition) is 0. The SMILES string of the molecule is c1ccc(-c2cc3cccc4c3c(c2-c2ccccc2)-c2cc3ccccc3cc2-4)cc1. The molecule has 1 aliphatic carbocycles. The van der Waals surface area contributed by atoms with Crippen molar-refractivity contribution in [3.05, 3.63) is 121 Å². The Bertz CT molecular complexity index is 1640. The van der Waals surface area contributed by atoms with Gasteiger partial charge in [0.05, 0.1) is 0 Å². The van der Waals surface area contributed by atoms with Crippen LogP contribution in [0.4, 0.5) is 0 Å². The van der Waals surface area contributed by atoms with Gasteiger partial charge in [-0.1, -0.05) is 103 Å². The van der Waals surface area contributed by atoms with E-state index in [1.54, 1.807) is 0 Å². The van der Waals surface area contributed by atoms with Crippen LogP contribution in [0.3, 0.4) is 0 Å². The van der Waals surface area contributed by atoms with E-state index in [1.165, 1.54) is 66.1 Å². The molecule has 0 saturated carbocycles. The van der Waals surface area contributed by atoms with Crippen LogP contribution in [0.1, 0.15) is 0 Å². The van der Waals surface area contributed by atoms with Gasteiger partial charge in [-0.05, 0) is 84.3 Å². The number of benzene rings is 6. The molecule has 0 spiro atoms. The third kappa shape index (κ3) is 2.44. The standard InChI is InChI=1S/C32H20/c1-3-10-21(11-4-1)27-20-25-16-9-17-26-28-18-23-14-7-8-15-24(23)19-29(28)32(31(25)26)30(27)22-12-5-2-6-13-22/h1-20H. The summed E-state index contributed by atoms with van der Waals surface area (Å²) < 4.78 is 0. The summed E-state index contributed by atoms with van der Waals surface area (Å²) in [4.78, 5) is 0. The number of rotatable bonds is 2. The van der Waals surface area contributed by atoms with Crippen LogP contribution in [0, 0.1) is 0 Å². The van der Waals surface area contributed by atoms with Crippen LogP contribution in [0.15, 0.2) is 121 Å². The highest BCUT2D eigenvalue weighted by Crippen LogP contribution is 2.54. The summed E-state index contributed by atoms with van der Waals surface area (Å²) in [6, 6.07) is 44.2. The van der Waals surface area contributed by atoms with Crippen LogP contribution in [-0.2, 0) is 0 Å². The molecule has 0 nitrogen and oxygen atoms in total. The fraction of sp³-hybridized carbons (Fsp3) is 0. The molecule has 1 aliphatic rings. The minimum absolute atomic E-state index is 1.25. The maximum Gasteiger partial charge on any atom is -0.000785 e. The van der Waals surface area contributed by atoms with Gasteiger partial charge in [0.1, 0.15) is 0 Å². The molecule has 0 amide bonds. The minimum atomic E-state index is 1.25. The first kappa shape index (κ1) is 17.5. The molecule has 7 rings (SSSR count). The van der Waals surface area contributed by atoms with E-state index in [-0.39, 0.29) is 0 Å². The Balaban J connectivity index is 1.69. The van der Waals surface area contributed by atoms with Crippen molar-refractivity contribution in [2.75, 3.05) is 0 Å². The summed E-state index contributed by atoms with van der Waals surface area (Å²) in [5, 5.41) is 5.25. The zero-order valence-electron chi connectivity index (χ0n) is 17.5. The molecule has 0 unspecified atom stereocenters. The van der Waals surface area contributed by atoms with E-state index in [1.807, 2.05) is 0 Å². The van der Waals surface area contributed by atoms with Crippen molar-refractivity contribution in [2.45, 2.75) is 0 Å². The molecule has 0 saturated heterocycles. The molecule has 6 aromatic rings. The summed E-state index contributed by atoms with van der Waals surface area (Å²) in [5.41, 5.74) is 10.5. The van der Waals surface area contributed by atoms with E-state index >= 15 is 0 Å². The fourth-order valence-electron chi connectivity index (χ4n) is 5.37. The number of hydrogen-bond donors (Lipinski definition) is 0. The third-order valence-corrected chi connectivity index (χ3v) is 6.76. The van der Waals surface area contributed by atoms with Gasteiger partial charge in [-0.15, -0.1) is 0 Å². The van der Waals surface area contributed by atoms with Crippen molar-refractivity contribution in [1.29, 1.82) is 0 Å². The maximum atomic E-state index is 2.39. The summed E-state index contributed by atoms with van der Waals surface area (Å²) >= 11 is 0. The molecule has 6 aromatic carbocycles. The summed E-state index contributed by atoms with van der Waals surface area (Å²) in [5.74, 6) is 0. The van der Waals surface area contributed by atoms with Crippen LogP contribution in [0.25, 0.3) is 66.1 Å². The van der Waals surface area contributed by atoms with E-state index in [2.05, 4.69) is 121 Å². The first-order valence-electron chi connectivity index (χ1n) is 11.1. The molecular weight excluding hydrogens is 384 g/mol. The Kier molecular flexibility index (Phi) is 3.65. The highest BCUT2D eigenvalue weighted by atomic mass is 14.3. The molecule has 0 heterocycles. The van der Waals surface area contributed by atoms with Crippen molar-refractivity contribution >= 4 is 21.5 Å². The van der Waals surface area contributed by atoms with Crippen LogP contribution >= 0.6 is 0 Å². The lowest BCUT2D eigenvalue weighted by Crippen LogP contribution is -1.90. The first-order chi connectivity index (χ1) is 15.9. The molecule has 148 valence electrons. The molecule has 0 bridgehead atoms. The van der Waals surface area contributed by atoms with Crippen molar-refractivity contribution in [1.82, 2.24) is 0 Å². The summed E-state index contributed by atoms with van der Waals surface area (Å²) in [7, 11) is 0. The van der Waals surface area contributed by atoms with E-state index in [0.717, 1.165) is 0 Å². The maximum absolute atomic E-state index is 2.39. The lowest BCUT2D eigenvalue weighted by Gasteiger charge is -2.17. The van der Waals surface area contributed by atoms with Crippen molar-refractivity contribution in [2.24, 2.45) is 0 Å². The van der Waals surface area contributed by atoms with Gasteiger partial charge in [-0.25, -0.2) is 0 Å². The fourth-order valence-corrected chi connectivity index (χ4v) is 5.37. The molecule has 0 heteroatoms. The second kappa shape index (κ2) is 6.67. The van der Waals surface area contributed by atoms with Crippen LogP contribution < -0.4 is 0 Å². The monoisotopic (exact) mass is 404 g/mol. The van der Waals surface area contributed by atoms with Gasteiger partial charge >= 0.3 is 0 Å². The van der Waals surface area contributed by atoms with Gasteiger partial charge in [-0.3, -0.25) is 0 Å².